The molecule has 0 aliphatic carbocycles. The van der Waals surface area contributed by atoms with Crippen molar-refractivity contribution in [3.05, 3.63) is 35.4 Å². The van der Waals surface area contributed by atoms with Crippen LogP contribution >= 0.6 is 0 Å². The van der Waals surface area contributed by atoms with Crippen molar-refractivity contribution in [3.8, 4) is 0 Å². The summed E-state index contributed by atoms with van der Waals surface area (Å²) in [6.07, 6.45) is 0.274. The summed E-state index contributed by atoms with van der Waals surface area (Å²) in [5.74, 6) is -1.29. The Morgan fingerprint density at radius 1 is 1.27 bits per heavy atom. The Kier molecular flexibility index (Phi) is 2.21. The standard InChI is InChI=1S/C11H11F2NO/c1-11(5-10(15)14-6-11)7-2-8(12)4-9(13)3-7/h2-4H,5-6H2,1H3,(H,14,15). The highest BCUT2D eigenvalue weighted by Gasteiger charge is 2.35. The first-order chi connectivity index (χ1) is 6.99. The lowest BCUT2D eigenvalue weighted by Gasteiger charge is -2.21. The fourth-order valence-electron chi connectivity index (χ4n) is 1.88. The van der Waals surface area contributed by atoms with Crippen LogP contribution in [0.15, 0.2) is 18.2 Å². The molecule has 1 aliphatic rings. The summed E-state index contributed by atoms with van der Waals surface area (Å²) in [4.78, 5) is 11.1. The molecule has 1 unspecified atom stereocenters. The maximum atomic E-state index is 13.0. The van der Waals surface area contributed by atoms with Gasteiger partial charge in [0.15, 0.2) is 0 Å². The third-order valence-electron chi connectivity index (χ3n) is 2.79. The molecule has 1 fully saturated rings. The quantitative estimate of drug-likeness (QED) is 0.753. The van der Waals surface area contributed by atoms with Crippen LogP contribution in [0.25, 0.3) is 0 Å². The van der Waals surface area contributed by atoms with Crippen LogP contribution in [-0.2, 0) is 10.2 Å². The molecule has 0 aromatic heterocycles. The van der Waals surface area contributed by atoms with Crippen molar-refractivity contribution in [2.24, 2.45) is 0 Å². The number of nitrogens with one attached hydrogen (secondary N) is 1. The number of carbonyl (C=O) groups excluding carboxylic acids is 1. The average Bonchev–Trinajstić information content (AvgIpc) is 2.46. The van der Waals surface area contributed by atoms with Gasteiger partial charge in [0.25, 0.3) is 0 Å². The molecule has 0 spiro atoms. The van der Waals surface area contributed by atoms with Gasteiger partial charge in [0.2, 0.25) is 5.91 Å². The Balaban J connectivity index is 2.40. The van der Waals surface area contributed by atoms with E-state index < -0.39 is 17.0 Å². The van der Waals surface area contributed by atoms with E-state index in [-0.39, 0.29) is 12.3 Å². The lowest BCUT2D eigenvalue weighted by atomic mass is 9.81. The fraction of sp³-hybridized carbons (Fsp3) is 0.364. The van der Waals surface area contributed by atoms with E-state index in [1.54, 1.807) is 0 Å². The summed E-state index contributed by atoms with van der Waals surface area (Å²) >= 11 is 0. The third-order valence-corrected chi connectivity index (χ3v) is 2.79. The smallest absolute Gasteiger partial charge is 0.220 e. The lowest BCUT2D eigenvalue weighted by molar-refractivity contribution is -0.119. The van der Waals surface area contributed by atoms with Crippen molar-refractivity contribution in [1.82, 2.24) is 5.32 Å². The molecule has 1 saturated heterocycles. The summed E-state index contributed by atoms with van der Waals surface area (Å²) in [6, 6.07) is 3.39. The number of carbonyl (C=O) groups is 1. The van der Waals surface area contributed by atoms with E-state index in [4.69, 9.17) is 0 Å². The number of hydrogen-bond donors (Lipinski definition) is 1. The molecular weight excluding hydrogens is 200 g/mol. The lowest BCUT2D eigenvalue weighted by Crippen LogP contribution is -2.25. The van der Waals surface area contributed by atoms with Crippen LogP contribution in [0.4, 0.5) is 8.78 Å². The van der Waals surface area contributed by atoms with E-state index in [0.717, 1.165) is 6.07 Å². The average molecular weight is 211 g/mol. The number of halogens is 2. The predicted octanol–water partition coefficient (Wildman–Crippen LogP) is 1.74. The Labute approximate surface area is 86.3 Å². The van der Waals surface area contributed by atoms with Crippen molar-refractivity contribution in [1.29, 1.82) is 0 Å². The van der Waals surface area contributed by atoms with Gasteiger partial charge in [0, 0.05) is 24.4 Å². The van der Waals surface area contributed by atoms with E-state index in [0.29, 0.717) is 12.1 Å². The van der Waals surface area contributed by atoms with Gasteiger partial charge < -0.3 is 5.32 Å². The number of hydrogen-bond acceptors (Lipinski definition) is 1. The zero-order valence-electron chi connectivity index (χ0n) is 8.31. The first-order valence-corrected chi connectivity index (χ1v) is 4.73. The summed E-state index contributed by atoms with van der Waals surface area (Å²) in [5.41, 5.74) is 0.0263. The highest BCUT2D eigenvalue weighted by atomic mass is 19.1. The topological polar surface area (TPSA) is 29.1 Å². The molecular formula is C11H11F2NO. The van der Waals surface area contributed by atoms with Gasteiger partial charge in [-0.3, -0.25) is 4.79 Å². The van der Waals surface area contributed by atoms with Crippen LogP contribution in [0.1, 0.15) is 18.9 Å². The first-order valence-electron chi connectivity index (χ1n) is 4.73. The molecule has 2 nitrogen and oxygen atoms in total. The number of rotatable bonds is 1. The van der Waals surface area contributed by atoms with Crippen molar-refractivity contribution < 1.29 is 13.6 Å². The van der Waals surface area contributed by atoms with Crippen molar-refractivity contribution in [2.45, 2.75) is 18.8 Å². The van der Waals surface area contributed by atoms with Crippen LogP contribution in [0.2, 0.25) is 0 Å². The Hall–Kier alpha value is -1.45. The maximum absolute atomic E-state index is 13.0. The third kappa shape index (κ3) is 1.84. The molecule has 1 aromatic carbocycles. The van der Waals surface area contributed by atoms with Gasteiger partial charge in [-0.2, -0.15) is 0 Å². The highest BCUT2D eigenvalue weighted by molar-refractivity contribution is 5.80. The largest absolute Gasteiger partial charge is 0.355 e. The van der Waals surface area contributed by atoms with E-state index >= 15 is 0 Å². The van der Waals surface area contributed by atoms with Crippen LogP contribution < -0.4 is 5.32 Å². The maximum Gasteiger partial charge on any atom is 0.220 e. The van der Waals surface area contributed by atoms with Crippen LogP contribution in [-0.4, -0.2) is 12.5 Å². The molecule has 1 aliphatic heterocycles. The number of benzene rings is 1. The van der Waals surface area contributed by atoms with Crippen LogP contribution in [0, 0.1) is 11.6 Å². The van der Waals surface area contributed by atoms with Gasteiger partial charge in [-0.05, 0) is 17.7 Å². The molecule has 1 aromatic rings. The molecule has 1 N–H and O–H groups in total. The van der Waals surface area contributed by atoms with Crippen molar-refractivity contribution in [2.75, 3.05) is 6.54 Å². The fourth-order valence-corrected chi connectivity index (χ4v) is 1.88. The van der Waals surface area contributed by atoms with Gasteiger partial charge in [-0.25, -0.2) is 8.78 Å². The first kappa shape index (κ1) is 10.1. The second-order valence-corrected chi connectivity index (χ2v) is 4.17. The van der Waals surface area contributed by atoms with Gasteiger partial charge in [0.1, 0.15) is 11.6 Å². The van der Waals surface area contributed by atoms with E-state index in [1.165, 1.54) is 12.1 Å². The summed E-state index contributed by atoms with van der Waals surface area (Å²) < 4.78 is 26.0. The van der Waals surface area contributed by atoms with Gasteiger partial charge in [-0.1, -0.05) is 6.92 Å². The van der Waals surface area contributed by atoms with Crippen LogP contribution in [0.5, 0.6) is 0 Å². The van der Waals surface area contributed by atoms with Crippen molar-refractivity contribution in [3.63, 3.8) is 0 Å². The summed E-state index contributed by atoms with van der Waals surface area (Å²) in [7, 11) is 0. The van der Waals surface area contributed by atoms with Gasteiger partial charge >= 0.3 is 0 Å². The zero-order chi connectivity index (χ0) is 11.1. The summed E-state index contributed by atoms with van der Waals surface area (Å²) in [5, 5.41) is 2.66. The molecule has 0 bridgehead atoms. The van der Waals surface area contributed by atoms with Gasteiger partial charge in [0.05, 0.1) is 0 Å². The predicted molar refractivity (Wildman–Crippen MR) is 51.3 cm³/mol. The molecule has 0 saturated carbocycles. The highest BCUT2D eigenvalue weighted by Crippen LogP contribution is 2.31. The second kappa shape index (κ2) is 3.29. The van der Waals surface area contributed by atoms with E-state index in [1.807, 2.05) is 6.92 Å². The minimum Gasteiger partial charge on any atom is -0.355 e. The van der Waals surface area contributed by atoms with Crippen molar-refractivity contribution >= 4 is 5.91 Å². The normalized spacial score (nSPS) is 25.4. The SMILES string of the molecule is CC1(c2cc(F)cc(F)c2)CNC(=O)C1. The van der Waals surface area contributed by atoms with Gasteiger partial charge in [-0.15, -0.1) is 0 Å². The summed E-state index contributed by atoms with van der Waals surface area (Å²) in [6.45, 7) is 2.24. The minimum absolute atomic E-state index is 0.0813. The molecule has 15 heavy (non-hydrogen) atoms. The minimum atomic E-state index is -0.606. The second-order valence-electron chi connectivity index (χ2n) is 4.17. The Morgan fingerprint density at radius 2 is 1.87 bits per heavy atom. The molecule has 1 amide bonds. The molecule has 1 heterocycles. The Morgan fingerprint density at radius 3 is 2.33 bits per heavy atom. The van der Waals surface area contributed by atoms with Crippen LogP contribution in [0.3, 0.4) is 0 Å². The molecule has 2 rings (SSSR count). The zero-order valence-corrected chi connectivity index (χ0v) is 8.31. The Bertz CT molecular complexity index is 399. The van der Waals surface area contributed by atoms with E-state index in [2.05, 4.69) is 5.32 Å². The van der Waals surface area contributed by atoms with E-state index in [9.17, 15) is 13.6 Å². The molecule has 4 heteroatoms. The molecule has 1 atom stereocenters. The monoisotopic (exact) mass is 211 g/mol. The molecule has 0 radical (unpaired) electrons. The number of amides is 1. The molecule has 80 valence electrons.